The van der Waals surface area contributed by atoms with E-state index in [-0.39, 0.29) is 18.1 Å². The molecule has 1 aliphatic rings. The van der Waals surface area contributed by atoms with E-state index in [1.165, 1.54) is 0 Å². The number of carbonyl (C=O) groups excluding carboxylic acids is 1. The van der Waals surface area contributed by atoms with Crippen LogP contribution in [0, 0.1) is 0 Å². The minimum absolute atomic E-state index is 0.0573. The van der Waals surface area contributed by atoms with Gasteiger partial charge in [-0.15, -0.1) is 0 Å². The topological polar surface area (TPSA) is 42.4 Å². The van der Waals surface area contributed by atoms with E-state index in [0.717, 1.165) is 0 Å². The molecule has 2 atom stereocenters. The van der Waals surface area contributed by atoms with Gasteiger partial charge in [-0.3, -0.25) is 4.79 Å². The van der Waals surface area contributed by atoms with Crippen molar-refractivity contribution in [3.63, 3.8) is 0 Å². The van der Waals surface area contributed by atoms with E-state index in [9.17, 15) is 4.79 Å². The highest BCUT2D eigenvalue weighted by atomic mass is 35.5. The smallest absolute Gasteiger partial charge is 0.272 e. The van der Waals surface area contributed by atoms with E-state index >= 15 is 0 Å². The summed E-state index contributed by atoms with van der Waals surface area (Å²) in [4.78, 5) is 18.0. The minimum Gasteiger partial charge on any atom is -0.372 e. The van der Waals surface area contributed by atoms with Gasteiger partial charge in [0.25, 0.3) is 5.91 Å². The van der Waals surface area contributed by atoms with Crippen LogP contribution in [-0.4, -0.2) is 41.1 Å². The van der Waals surface area contributed by atoms with Crippen LogP contribution in [0.1, 0.15) is 24.3 Å². The Kier molecular flexibility index (Phi) is 3.64. The fraction of sp³-hybridized carbons (Fsp3) is 0.500. The molecule has 1 aromatic rings. The van der Waals surface area contributed by atoms with Crippen LogP contribution in [0.2, 0.25) is 5.15 Å². The standard InChI is InChI=1S/C12H15ClN2O2/c1-8-6-15(7-9(2)17-8)12(16)10-4-3-5-11(13)14-10/h3-5,8-9H,6-7H2,1-2H3. The number of pyridine rings is 1. The van der Waals surface area contributed by atoms with Crippen LogP contribution >= 0.6 is 11.6 Å². The Labute approximate surface area is 106 Å². The number of amides is 1. The minimum atomic E-state index is -0.0884. The van der Waals surface area contributed by atoms with E-state index in [4.69, 9.17) is 16.3 Å². The van der Waals surface area contributed by atoms with E-state index in [0.29, 0.717) is 23.9 Å². The average molecular weight is 255 g/mol. The van der Waals surface area contributed by atoms with E-state index < -0.39 is 0 Å². The van der Waals surface area contributed by atoms with Crippen molar-refractivity contribution in [2.24, 2.45) is 0 Å². The lowest BCUT2D eigenvalue weighted by Gasteiger charge is -2.35. The van der Waals surface area contributed by atoms with Gasteiger partial charge in [-0.05, 0) is 26.0 Å². The summed E-state index contributed by atoms with van der Waals surface area (Å²) >= 11 is 5.78. The van der Waals surface area contributed by atoms with Gasteiger partial charge in [0.05, 0.1) is 12.2 Å². The highest BCUT2D eigenvalue weighted by Gasteiger charge is 2.27. The Balaban J connectivity index is 2.14. The molecule has 0 bridgehead atoms. The Bertz CT molecular complexity index is 415. The fourth-order valence-corrected chi connectivity index (χ4v) is 2.20. The molecule has 1 saturated heterocycles. The van der Waals surface area contributed by atoms with Crippen molar-refractivity contribution < 1.29 is 9.53 Å². The van der Waals surface area contributed by atoms with Crippen molar-refractivity contribution in [3.05, 3.63) is 29.0 Å². The number of halogens is 1. The molecule has 92 valence electrons. The van der Waals surface area contributed by atoms with Crippen molar-refractivity contribution in [1.82, 2.24) is 9.88 Å². The number of carbonyl (C=O) groups is 1. The molecule has 2 unspecified atom stereocenters. The molecule has 0 saturated carbocycles. The molecule has 0 radical (unpaired) electrons. The fourth-order valence-electron chi connectivity index (χ4n) is 2.03. The highest BCUT2D eigenvalue weighted by molar-refractivity contribution is 6.29. The lowest BCUT2D eigenvalue weighted by molar-refractivity contribution is -0.0587. The SMILES string of the molecule is CC1CN(C(=O)c2cccc(Cl)n2)CC(C)O1. The zero-order chi connectivity index (χ0) is 12.4. The van der Waals surface area contributed by atoms with Crippen molar-refractivity contribution in [1.29, 1.82) is 0 Å². The number of hydrogen-bond acceptors (Lipinski definition) is 3. The maximum absolute atomic E-state index is 12.2. The summed E-state index contributed by atoms with van der Waals surface area (Å²) in [7, 11) is 0. The lowest BCUT2D eigenvalue weighted by Crippen LogP contribution is -2.48. The van der Waals surface area contributed by atoms with Crippen LogP contribution in [0.25, 0.3) is 0 Å². The van der Waals surface area contributed by atoms with Crippen LogP contribution in [-0.2, 0) is 4.74 Å². The molecule has 0 aromatic carbocycles. The summed E-state index contributed by atoms with van der Waals surface area (Å²) < 4.78 is 5.59. The van der Waals surface area contributed by atoms with Crippen LogP contribution < -0.4 is 0 Å². The van der Waals surface area contributed by atoms with Crippen LogP contribution in [0.5, 0.6) is 0 Å². The first-order chi connectivity index (χ1) is 8.06. The number of ether oxygens (including phenoxy) is 1. The third kappa shape index (κ3) is 2.96. The van der Waals surface area contributed by atoms with E-state index in [1.807, 2.05) is 13.8 Å². The monoisotopic (exact) mass is 254 g/mol. The first-order valence-electron chi connectivity index (χ1n) is 5.63. The molecule has 5 heteroatoms. The molecule has 2 rings (SSSR count). The van der Waals surface area contributed by atoms with Gasteiger partial charge >= 0.3 is 0 Å². The highest BCUT2D eigenvalue weighted by Crippen LogP contribution is 2.14. The van der Waals surface area contributed by atoms with Gasteiger partial charge in [0, 0.05) is 13.1 Å². The molecular formula is C12H15ClN2O2. The lowest BCUT2D eigenvalue weighted by atomic mass is 10.2. The molecule has 0 aliphatic carbocycles. The van der Waals surface area contributed by atoms with Crippen LogP contribution in [0.3, 0.4) is 0 Å². The van der Waals surface area contributed by atoms with Gasteiger partial charge in [0.2, 0.25) is 0 Å². The molecule has 0 N–H and O–H groups in total. The zero-order valence-corrected chi connectivity index (χ0v) is 10.6. The normalized spacial score (nSPS) is 24.8. The van der Waals surface area contributed by atoms with E-state index in [2.05, 4.69) is 4.98 Å². The van der Waals surface area contributed by atoms with Crippen LogP contribution in [0.15, 0.2) is 18.2 Å². The van der Waals surface area contributed by atoms with Gasteiger partial charge < -0.3 is 9.64 Å². The number of morpholine rings is 1. The van der Waals surface area contributed by atoms with Crippen molar-refractivity contribution in [3.8, 4) is 0 Å². The molecule has 1 fully saturated rings. The number of rotatable bonds is 1. The summed E-state index contributed by atoms with van der Waals surface area (Å²) in [6, 6.07) is 5.07. The van der Waals surface area contributed by atoms with Gasteiger partial charge in [0.1, 0.15) is 10.8 Å². The van der Waals surface area contributed by atoms with Crippen molar-refractivity contribution in [2.45, 2.75) is 26.1 Å². The third-order valence-electron chi connectivity index (χ3n) is 2.64. The van der Waals surface area contributed by atoms with E-state index in [1.54, 1.807) is 23.1 Å². The summed E-state index contributed by atoms with van der Waals surface area (Å²) in [5, 5.41) is 0.338. The second-order valence-corrected chi connectivity index (χ2v) is 4.70. The molecule has 1 amide bonds. The summed E-state index contributed by atoms with van der Waals surface area (Å²) in [6.07, 6.45) is 0.115. The largest absolute Gasteiger partial charge is 0.372 e. The molecule has 1 aliphatic heterocycles. The quantitative estimate of drug-likeness (QED) is 0.720. The Morgan fingerprint density at radius 2 is 2.06 bits per heavy atom. The zero-order valence-electron chi connectivity index (χ0n) is 9.89. The van der Waals surface area contributed by atoms with Crippen LogP contribution in [0.4, 0.5) is 0 Å². The number of hydrogen-bond donors (Lipinski definition) is 0. The predicted molar refractivity (Wildman–Crippen MR) is 65.2 cm³/mol. The molecular weight excluding hydrogens is 240 g/mol. The summed E-state index contributed by atoms with van der Waals surface area (Å²) in [5.41, 5.74) is 0.388. The summed E-state index contributed by atoms with van der Waals surface area (Å²) in [5.74, 6) is -0.0884. The average Bonchev–Trinajstić information content (AvgIpc) is 2.26. The first-order valence-corrected chi connectivity index (χ1v) is 6.01. The first kappa shape index (κ1) is 12.3. The molecule has 0 spiro atoms. The number of aromatic nitrogens is 1. The molecule has 4 nitrogen and oxygen atoms in total. The van der Waals surface area contributed by atoms with Gasteiger partial charge in [0.15, 0.2) is 0 Å². The molecule has 2 heterocycles. The predicted octanol–water partition coefficient (Wildman–Crippen LogP) is 1.98. The van der Waals surface area contributed by atoms with Gasteiger partial charge in [-0.1, -0.05) is 17.7 Å². The van der Waals surface area contributed by atoms with Crippen molar-refractivity contribution >= 4 is 17.5 Å². The Hall–Kier alpha value is -1.13. The molecule has 1 aromatic heterocycles. The third-order valence-corrected chi connectivity index (χ3v) is 2.85. The van der Waals surface area contributed by atoms with Gasteiger partial charge in [-0.2, -0.15) is 0 Å². The molecule has 17 heavy (non-hydrogen) atoms. The number of nitrogens with zero attached hydrogens (tertiary/aromatic N) is 2. The van der Waals surface area contributed by atoms with Crippen molar-refractivity contribution in [2.75, 3.05) is 13.1 Å². The second kappa shape index (κ2) is 5.02. The second-order valence-electron chi connectivity index (χ2n) is 4.31. The van der Waals surface area contributed by atoms with Gasteiger partial charge in [-0.25, -0.2) is 4.98 Å². The maximum Gasteiger partial charge on any atom is 0.272 e. The summed E-state index contributed by atoms with van der Waals surface area (Å²) in [6.45, 7) is 5.11. The Morgan fingerprint density at radius 1 is 1.41 bits per heavy atom. The Morgan fingerprint density at radius 3 is 2.65 bits per heavy atom. The maximum atomic E-state index is 12.2.